The molecule has 7 heteroatoms. The number of hydrogen-bond donors (Lipinski definition) is 0. The van der Waals surface area contributed by atoms with Crippen molar-refractivity contribution in [1.29, 1.82) is 0 Å². The van der Waals surface area contributed by atoms with Crippen molar-refractivity contribution >= 4 is 25.5 Å². The molecule has 0 aromatic heterocycles. The van der Waals surface area contributed by atoms with Crippen LogP contribution in [0, 0.1) is 0 Å². The van der Waals surface area contributed by atoms with Crippen LogP contribution in [0.2, 0.25) is 39.3 Å². The monoisotopic (exact) mass is 294 g/mol. The SMILES string of the molecule is CN(C)[Si](C)(C)O[Si](C)(C)O[Si](C)(C)N(C)C. The standard InChI is InChI=1S/C10H30N2O2Si3/c1-11(2)15(5,6)13-17(9,10)14-16(7,8)12(3)4/h1-10H3. The van der Waals surface area contributed by atoms with Crippen LogP contribution in [0.4, 0.5) is 0 Å². The number of nitrogens with zero attached hydrogens (tertiary/aromatic N) is 2. The molecule has 0 aliphatic carbocycles. The number of hydrogen-bond acceptors (Lipinski definition) is 4. The van der Waals surface area contributed by atoms with Gasteiger partial charge in [0.05, 0.1) is 0 Å². The zero-order chi connectivity index (χ0) is 14.1. The molecule has 0 unspecified atom stereocenters. The summed E-state index contributed by atoms with van der Waals surface area (Å²) in [6.07, 6.45) is 0. The van der Waals surface area contributed by atoms with Crippen LogP contribution in [-0.4, -0.2) is 62.8 Å². The van der Waals surface area contributed by atoms with E-state index in [1.54, 1.807) is 0 Å². The molecule has 0 rings (SSSR count). The van der Waals surface area contributed by atoms with Gasteiger partial charge in [0.15, 0.2) is 0 Å². The summed E-state index contributed by atoms with van der Waals surface area (Å²) in [6, 6.07) is 0. The molecule has 0 spiro atoms. The van der Waals surface area contributed by atoms with Crippen molar-refractivity contribution in [2.45, 2.75) is 39.3 Å². The fourth-order valence-corrected chi connectivity index (χ4v) is 13.0. The summed E-state index contributed by atoms with van der Waals surface area (Å²) >= 11 is 0. The number of rotatable bonds is 6. The van der Waals surface area contributed by atoms with E-state index in [1.165, 1.54) is 0 Å². The highest BCUT2D eigenvalue weighted by Gasteiger charge is 2.41. The quantitative estimate of drug-likeness (QED) is 0.702. The normalized spacial score (nSPS) is 14.8. The summed E-state index contributed by atoms with van der Waals surface area (Å²) in [4.78, 5) is 0. The van der Waals surface area contributed by atoms with Crippen LogP contribution in [0.15, 0.2) is 0 Å². The van der Waals surface area contributed by atoms with Crippen LogP contribution in [-0.2, 0) is 8.23 Å². The summed E-state index contributed by atoms with van der Waals surface area (Å²) in [5.74, 6) is 0. The third kappa shape index (κ3) is 5.77. The first-order valence-electron chi connectivity index (χ1n) is 6.05. The second kappa shape index (κ2) is 5.64. The van der Waals surface area contributed by atoms with Crippen LogP contribution < -0.4 is 0 Å². The van der Waals surface area contributed by atoms with Gasteiger partial charge >= 0.3 is 8.56 Å². The zero-order valence-electron chi connectivity index (χ0n) is 13.2. The van der Waals surface area contributed by atoms with Crippen LogP contribution in [0.5, 0.6) is 0 Å². The highest BCUT2D eigenvalue weighted by molar-refractivity contribution is 6.86. The summed E-state index contributed by atoms with van der Waals surface area (Å²) < 4.78 is 17.2. The van der Waals surface area contributed by atoms with Gasteiger partial charge in [-0.2, -0.15) is 0 Å². The molecule has 0 fully saturated rings. The molecule has 0 aromatic carbocycles. The van der Waals surface area contributed by atoms with Gasteiger partial charge in [-0.25, -0.2) is 0 Å². The fraction of sp³-hybridized carbons (Fsp3) is 1.00. The lowest BCUT2D eigenvalue weighted by Crippen LogP contribution is -2.60. The van der Waals surface area contributed by atoms with Gasteiger partial charge in [-0.15, -0.1) is 0 Å². The lowest BCUT2D eigenvalue weighted by molar-refractivity contribution is 0.330. The molecular formula is C10H30N2O2Si3. The molecule has 0 atom stereocenters. The Morgan fingerprint density at radius 2 is 0.824 bits per heavy atom. The van der Waals surface area contributed by atoms with Crippen molar-refractivity contribution in [1.82, 2.24) is 9.13 Å². The summed E-state index contributed by atoms with van der Waals surface area (Å²) in [6.45, 7) is 13.2. The van der Waals surface area contributed by atoms with Crippen molar-refractivity contribution in [3.8, 4) is 0 Å². The van der Waals surface area contributed by atoms with Gasteiger partial charge in [-0.1, -0.05) is 0 Å². The fourth-order valence-electron chi connectivity index (χ4n) is 1.41. The minimum absolute atomic E-state index is 1.78. The predicted octanol–water partition coefficient (Wildman–Crippen LogP) is 2.25. The Bertz CT molecular complexity index is 232. The molecule has 0 saturated heterocycles. The van der Waals surface area contributed by atoms with Crippen molar-refractivity contribution < 1.29 is 8.23 Å². The third-order valence-electron chi connectivity index (χ3n) is 3.15. The predicted molar refractivity (Wildman–Crippen MR) is 82.0 cm³/mol. The Kier molecular flexibility index (Phi) is 5.80. The first-order chi connectivity index (χ1) is 7.30. The Labute approximate surface area is 111 Å². The van der Waals surface area contributed by atoms with Crippen molar-refractivity contribution in [2.24, 2.45) is 0 Å². The first-order valence-corrected chi connectivity index (χ1v) is 14.6. The van der Waals surface area contributed by atoms with E-state index in [9.17, 15) is 0 Å². The van der Waals surface area contributed by atoms with E-state index in [0.29, 0.717) is 0 Å². The van der Waals surface area contributed by atoms with Gasteiger partial charge in [0, 0.05) is 0 Å². The van der Waals surface area contributed by atoms with Crippen molar-refractivity contribution in [3.05, 3.63) is 0 Å². The molecule has 0 aliphatic rings. The van der Waals surface area contributed by atoms with Gasteiger partial charge in [0.2, 0.25) is 0 Å². The van der Waals surface area contributed by atoms with E-state index in [1.807, 2.05) is 0 Å². The maximum Gasteiger partial charge on any atom is 0.312 e. The molecule has 0 saturated carbocycles. The van der Waals surface area contributed by atoms with Crippen LogP contribution >= 0.6 is 0 Å². The lowest BCUT2D eigenvalue weighted by Gasteiger charge is -2.42. The summed E-state index contributed by atoms with van der Waals surface area (Å²) in [7, 11) is 2.74. The summed E-state index contributed by atoms with van der Waals surface area (Å²) in [5.41, 5.74) is 0. The molecule has 0 N–H and O–H groups in total. The van der Waals surface area contributed by atoms with Gasteiger partial charge in [0.1, 0.15) is 0 Å². The Morgan fingerprint density at radius 3 is 1.00 bits per heavy atom. The van der Waals surface area contributed by atoms with Crippen LogP contribution in [0.1, 0.15) is 0 Å². The molecule has 0 bridgehead atoms. The maximum atomic E-state index is 6.36. The highest BCUT2D eigenvalue weighted by atomic mass is 28.5. The second-order valence-corrected chi connectivity index (χ2v) is 18.3. The minimum atomic E-state index is -2.06. The van der Waals surface area contributed by atoms with Crippen molar-refractivity contribution in [3.63, 3.8) is 0 Å². The molecule has 4 nitrogen and oxygen atoms in total. The highest BCUT2D eigenvalue weighted by Crippen LogP contribution is 2.22. The molecule has 0 amide bonds. The molecule has 0 heterocycles. The van der Waals surface area contributed by atoms with E-state index in [2.05, 4.69) is 76.6 Å². The molecule has 0 aromatic rings. The molecule has 104 valence electrons. The topological polar surface area (TPSA) is 24.9 Å². The third-order valence-corrected chi connectivity index (χ3v) is 15.4. The van der Waals surface area contributed by atoms with Crippen LogP contribution in [0.3, 0.4) is 0 Å². The molecule has 0 aliphatic heterocycles. The molecule has 0 radical (unpaired) electrons. The van der Waals surface area contributed by atoms with Gasteiger partial charge in [0.25, 0.3) is 17.0 Å². The van der Waals surface area contributed by atoms with Crippen LogP contribution in [0.25, 0.3) is 0 Å². The Balaban J connectivity index is 4.71. The van der Waals surface area contributed by atoms with E-state index in [-0.39, 0.29) is 0 Å². The zero-order valence-corrected chi connectivity index (χ0v) is 16.2. The molecule has 17 heavy (non-hydrogen) atoms. The largest absolute Gasteiger partial charge is 0.424 e. The first kappa shape index (κ1) is 17.5. The average Bonchev–Trinajstić information content (AvgIpc) is 1.98. The van der Waals surface area contributed by atoms with E-state index in [4.69, 9.17) is 8.23 Å². The smallest absolute Gasteiger partial charge is 0.312 e. The average molecular weight is 295 g/mol. The van der Waals surface area contributed by atoms with Gasteiger partial charge in [-0.3, -0.25) is 0 Å². The Morgan fingerprint density at radius 1 is 0.588 bits per heavy atom. The minimum Gasteiger partial charge on any atom is -0.424 e. The van der Waals surface area contributed by atoms with Gasteiger partial charge in [-0.05, 0) is 67.5 Å². The maximum absolute atomic E-state index is 6.36. The van der Waals surface area contributed by atoms with E-state index >= 15 is 0 Å². The Hall–Kier alpha value is 0.491. The molecular weight excluding hydrogens is 264 g/mol. The summed E-state index contributed by atoms with van der Waals surface area (Å²) in [5, 5.41) is 0. The van der Waals surface area contributed by atoms with E-state index in [0.717, 1.165) is 0 Å². The van der Waals surface area contributed by atoms with Gasteiger partial charge < -0.3 is 17.4 Å². The van der Waals surface area contributed by atoms with Crippen molar-refractivity contribution in [2.75, 3.05) is 28.2 Å². The van der Waals surface area contributed by atoms with E-state index < -0.39 is 25.5 Å². The lowest BCUT2D eigenvalue weighted by atomic mass is 11.3. The second-order valence-electron chi connectivity index (χ2n) is 6.29.